The van der Waals surface area contributed by atoms with Gasteiger partial charge in [-0.25, -0.2) is 0 Å². The normalized spacial score (nSPS) is 11.1. The molecule has 0 saturated heterocycles. The van der Waals surface area contributed by atoms with Crippen molar-refractivity contribution in [2.75, 3.05) is 0 Å². The van der Waals surface area contributed by atoms with Crippen LogP contribution in [0, 0.1) is 0 Å². The molecule has 0 nitrogen and oxygen atoms in total. The van der Waals surface area contributed by atoms with Crippen molar-refractivity contribution >= 4 is 0 Å². The number of aryl methyl sites for hydroxylation is 1. The van der Waals surface area contributed by atoms with Gasteiger partial charge < -0.3 is 0 Å². The van der Waals surface area contributed by atoms with Gasteiger partial charge in [-0.15, -0.1) is 0 Å². The summed E-state index contributed by atoms with van der Waals surface area (Å²) in [4.78, 5) is 0. The molecular weight excluding hydrogens is 360 g/mol. The molecule has 0 aliphatic rings. The molecule has 0 spiro atoms. The molecule has 0 amide bonds. The molecule has 30 heavy (non-hydrogen) atoms. The Kier molecular flexibility index (Phi) is 13.3. The first kappa shape index (κ1) is 24.7. The Balaban J connectivity index is 1.94. The fourth-order valence-electron chi connectivity index (χ4n) is 4.58. The average molecular weight is 407 g/mol. The number of rotatable bonds is 17. The maximum absolute atomic E-state index is 2.40. The van der Waals surface area contributed by atoms with Crippen LogP contribution in [0.1, 0.15) is 115 Å². The van der Waals surface area contributed by atoms with Crippen LogP contribution in [0.4, 0.5) is 0 Å². The summed E-state index contributed by atoms with van der Waals surface area (Å²) in [5.74, 6) is 0. The highest BCUT2D eigenvalue weighted by molar-refractivity contribution is 5.68. The van der Waals surface area contributed by atoms with Crippen molar-refractivity contribution in [3.63, 3.8) is 0 Å². The van der Waals surface area contributed by atoms with Gasteiger partial charge in [-0.2, -0.15) is 0 Å². The number of hydrogen-bond donors (Lipinski definition) is 0. The van der Waals surface area contributed by atoms with Crippen LogP contribution >= 0.6 is 0 Å². The molecule has 166 valence electrons. The lowest BCUT2D eigenvalue weighted by Crippen LogP contribution is -1.99. The molecule has 0 fully saturated rings. The van der Waals surface area contributed by atoms with Crippen molar-refractivity contribution in [2.24, 2.45) is 0 Å². The van der Waals surface area contributed by atoms with E-state index in [0.29, 0.717) is 0 Å². The quantitative estimate of drug-likeness (QED) is 0.229. The van der Waals surface area contributed by atoms with Gasteiger partial charge in [0.1, 0.15) is 0 Å². The molecule has 2 rings (SSSR count). The van der Waals surface area contributed by atoms with E-state index in [0.717, 1.165) is 0 Å². The maximum atomic E-state index is 2.40. The van der Waals surface area contributed by atoms with Crippen LogP contribution in [-0.4, -0.2) is 0 Å². The van der Waals surface area contributed by atoms with Gasteiger partial charge in [-0.1, -0.05) is 139 Å². The van der Waals surface area contributed by atoms with E-state index < -0.39 is 0 Å². The summed E-state index contributed by atoms with van der Waals surface area (Å²) in [6.45, 7) is 4.60. The fraction of sp³-hybridized carbons (Fsp3) is 0.600. The van der Waals surface area contributed by atoms with Crippen LogP contribution in [0.25, 0.3) is 11.1 Å². The largest absolute Gasteiger partial charge is 0.0654 e. The van der Waals surface area contributed by atoms with Crippen LogP contribution in [0.2, 0.25) is 0 Å². The second-order valence-electron chi connectivity index (χ2n) is 9.05. The predicted molar refractivity (Wildman–Crippen MR) is 135 cm³/mol. The number of hydrogen-bond acceptors (Lipinski definition) is 0. The van der Waals surface area contributed by atoms with Crippen LogP contribution in [-0.2, 0) is 12.8 Å². The Hall–Kier alpha value is -1.56. The highest BCUT2D eigenvalue weighted by atomic mass is 14.1. The molecule has 0 saturated carbocycles. The SMILES string of the molecule is CCCCCCCCCc1cccc(-c2ccccc2)c1CCCCCCCCC. The molecule has 0 unspecified atom stereocenters. The Labute approximate surface area is 187 Å². The van der Waals surface area contributed by atoms with Crippen LogP contribution < -0.4 is 0 Å². The molecule has 0 aromatic heterocycles. The third-order valence-corrected chi connectivity index (χ3v) is 6.44. The molecule has 0 N–H and O–H groups in total. The summed E-state index contributed by atoms with van der Waals surface area (Å²) in [5.41, 5.74) is 6.10. The molecule has 0 bridgehead atoms. The van der Waals surface area contributed by atoms with E-state index in [4.69, 9.17) is 0 Å². The molecule has 0 heterocycles. The first-order valence-corrected chi connectivity index (χ1v) is 13.0. The molecule has 0 atom stereocenters. The highest BCUT2D eigenvalue weighted by Crippen LogP contribution is 2.29. The molecule has 0 aliphatic carbocycles. The lowest BCUT2D eigenvalue weighted by molar-refractivity contribution is 0.583. The summed E-state index contributed by atoms with van der Waals surface area (Å²) in [7, 11) is 0. The Morgan fingerprint density at radius 1 is 0.467 bits per heavy atom. The average Bonchev–Trinajstić information content (AvgIpc) is 2.79. The molecule has 2 aromatic carbocycles. The lowest BCUT2D eigenvalue weighted by Gasteiger charge is -2.16. The van der Waals surface area contributed by atoms with Gasteiger partial charge in [0.05, 0.1) is 0 Å². The molecule has 0 heteroatoms. The van der Waals surface area contributed by atoms with Crippen molar-refractivity contribution in [3.05, 3.63) is 59.7 Å². The summed E-state index contributed by atoms with van der Waals surface area (Å²) in [6, 6.07) is 18.1. The molecule has 2 aromatic rings. The monoisotopic (exact) mass is 406 g/mol. The third-order valence-electron chi connectivity index (χ3n) is 6.44. The van der Waals surface area contributed by atoms with E-state index in [2.05, 4.69) is 62.4 Å². The topological polar surface area (TPSA) is 0 Å². The zero-order valence-corrected chi connectivity index (χ0v) is 19.9. The van der Waals surface area contributed by atoms with Crippen molar-refractivity contribution in [1.29, 1.82) is 0 Å². The summed E-state index contributed by atoms with van der Waals surface area (Å²) in [5, 5.41) is 0. The van der Waals surface area contributed by atoms with Crippen molar-refractivity contribution in [1.82, 2.24) is 0 Å². The molecule has 0 aliphatic heterocycles. The van der Waals surface area contributed by atoms with E-state index >= 15 is 0 Å². The first-order chi connectivity index (χ1) is 14.9. The summed E-state index contributed by atoms with van der Waals surface area (Å²) in [6.07, 6.45) is 21.9. The van der Waals surface area contributed by atoms with Gasteiger partial charge in [0, 0.05) is 0 Å². The van der Waals surface area contributed by atoms with E-state index in [-0.39, 0.29) is 0 Å². The van der Waals surface area contributed by atoms with Crippen molar-refractivity contribution in [3.8, 4) is 11.1 Å². The lowest BCUT2D eigenvalue weighted by atomic mass is 9.89. The first-order valence-electron chi connectivity index (χ1n) is 13.0. The van der Waals surface area contributed by atoms with Gasteiger partial charge in [0.25, 0.3) is 0 Å². The van der Waals surface area contributed by atoms with Gasteiger partial charge >= 0.3 is 0 Å². The van der Waals surface area contributed by atoms with Crippen molar-refractivity contribution in [2.45, 2.75) is 117 Å². The predicted octanol–water partition coefficient (Wildman–Crippen LogP) is 9.94. The third kappa shape index (κ3) is 9.50. The van der Waals surface area contributed by atoms with Crippen molar-refractivity contribution < 1.29 is 0 Å². The molecule has 0 radical (unpaired) electrons. The number of benzene rings is 2. The Morgan fingerprint density at radius 2 is 1.00 bits per heavy atom. The molecular formula is C30H46. The highest BCUT2D eigenvalue weighted by Gasteiger charge is 2.10. The second kappa shape index (κ2) is 16.2. The smallest absolute Gasteiger partial charge is 0.0149 e. The van der Waals surface area contributed by atoms with Gasteiger partial charge in [0.15, 0.2) is 0 Å². The van der Waals surface area contributed by atoms with Gasteiger partial charge in [-0.3, -0.25) is 0 Å². The minimum Gasteiger partial charge on any atom is -0.0654 e. The summed E-state index contributed by atoms with van der Waals surface area (Å²) < 4.78 is 0. The second-order valence-corrected chi connectivity index (χ2v) is 9.05. The van der Waals surface area contributed by atoms with E-state index in [1.54, 1.807) is 11.1 Å². The zero-order chi connectivity index (χ0) is 21.3. The van der Waals surface area contributed by atoms with Crippen LogP contribution in [0.15, 0.2) is 48.5 Å². The summed E-state index contributed by atoms with van der Waals surface area (Å²) >= 11 is 0. The van der Waals surface area contributed by atoms with Crippen LogP contribution in [0.5, 0.6) is 0 Å². The minimum atomic E-state index is 1.24. The standard InChI is InChI=1S/C30H46/c1-3-5-7-9-11-13-16-21-28-24-20-26-30(27-22-17-15-18-23-27)29(28)25-19-14-12-10-8-6-4-2/h15,17-18,20,22-24,26H,3-14,16,19,21,25H2,1-2H3. The minimum absolute atomic E-state index is 1.24. The maximum Gasteiger partial charge on any atom is -0.0149 e. The van der Waals surface area contributed by atoms with Crippen LogP contribution in [0.3, 0.4) is 0 Å². The fourth-order valence-corrected chi connectivity index (χ4v) is 4.58. The van der Waals surface area contributed by atoms with Gasteiger partial charge in [-0.05, 0) is 47.9 Å². The van der Waals surface area contributed by atoms with E-state index in [9.17, 15) is 0 Å². The zero-order valence-electron chi connectivity index (χ0n) is 19.9. The number of unbranched alkanes of at least 4 members (excludes halogenated alkanes) is 12. The Morgan fingerprint density at radius 3 is 1.60 bits per heavy atom. The van der Waals surface area contributed by atoms with E-state index in [1.807, 2.05) is 0 Å². The van der Waals surface area contributed by atoms with E-state index in [1.165, 1.54) is 114 Å². The van der Waals surface area contributed by atoms with Gasteiger partial charge in [0.2, 0.25) is 0 Å². The Bertz CT molecular complexity index is 655.